The second-order valence-electron chi connectivity index (χ2n) is 6.64. The van der Waals surface area contributed by atoms with Gasteiger partial charge < -0.3 is 15.2 Å². The fourth-order valence-electron chi connectivity index (χ4n) is 3.05. The third-order valence-corrected chi connectivity index (χ3v) is 3.68. The number of nitrogens with zero attached hydrogens (tertiary/aromatic N) is 1. The number of hydrogen-bond donors (Lipinski definition) is 2. The molecule has 114 valence electrons. The Hall–Kier alpha value is -0.160. The van der Waals surface area contributed by atoms with Gasteiger partial charge in [-0.25, -0.2) is 0 Å². The van der Waals surface area contributed by atoms with Gasteiger partial charge in [-0.05, 0) is 40.2 Å². The summed E-state index contributed by atoms with van der Waals surface area (Å²) in [5.41, 5.74) is -0.155. The number of aliphatic hydroxyl groups is 1. The highest BCUT2D eigenvalue weighted by atomic mass is 16.5. The molecule has 0 radical (unpaired) electrons. The maximum atomic E-state index is 9.56. The Morgan fingerprint density at radius 3 is 2.37 bits per heavy atom. The Balaban J connectivity index is 2.31. The molecule has 0 aromatic carbocycles. The molecular formula is C15H32N2O2. The molecule has 0 spiro atoms. The molecule has 1 fully saturated rings. The minimum absolute atomic E-state index is 0.155. The number of ether oxygens (including phenoxy) is 1. The van der Waals surface area contributed by atoms with Crippen LogP contribution in [0.2, 0.25) is 0 Å². The van der Waals surface area contributed by atoms with E-state index in [1.165, 1.54) is 0 Å². The maximum Gasteiger partial charge on any atom is 0.0678 e. The molecule has 0 aliphatic carbocycles. The van der Waals surface area contributed by atoms with E-state index in [1.54, 1.807) is 0 Å². The van der Waals surface area contributed by atoms with Gasteiger partial charge in [0.15, 0.2) is 0 Å². The largest absolute Gasteiger partial charge is 0.394 e. The van der Waals surface area contributed by atoms with Gasteiger partial charge in [0.25, 0.3) is 0 Å². The van der Waals surface area contributed by atoms with Crippen LogP contribution in [0.5, 0.6) is 0 Å². The SMILES string of the molecule is CC(C)NC(C)(CO)CCCN1CC(C)OC(C)C1. The van der Waals surface area contributed by atoms with Gasteiger partial charge in [0.05, 0.1) is 18.8 Å². The molecule has 3 unspecified atom stereocenters. The van der Waals surface area contributed by atoms with Gasteiger partial charge in [0.2, 0.25) is 0 Å². The fourth-order valence-corrected chi connectivity index (χ4v) is 3.05. The summed E-state index contributed by atoms with van der Waals surface area (Å²) in [6, 6.07) is 0.403. The predicted molar refractivity (Wildman–Crippen MR) is 79.4 cm³/mol. The minimum Gasteiger partial charge on any atom is -0.394 e. The van der Waals surface area contributed by atoms with Crippen molar-refractivity contribution >= 4 is 0 Å². The zero-order valence-electron chi connectivity index (χ0n) is 13.3. The molecule has 4 heteroatoms. The van der Waals surface area contributed by atoms with Crippen molar-refractivity contribution in [3.63, 3.8) is 0 Å². The summed E-state index contributed by atoms with van der Waals surface area (Å²) in [5, 5.41) is 13.0. The molecule has 0 aromatic heterocycles. The zero-order valence-corrected chi connectivity index (χ0v) is 13.3. The summed E-state index contributed by atoms with van der Waals surface area (Å²) < 4.78 is 5.74. The molecule has 0 bridgehead atoms. The molecule has 1 heterocycles. The van der Waals surface area contributed by atoms with Crippen molar-refractivity contribution in [1.82, 2.24) is 10.2 Å². The Bertz CT molecular complexity index is 251. The van der Waals surface area contributed by atoms with E-state index in [2.05, 4.69) is 44.8 Å². The normalized spacial score (nSPS) is 28.6. The highest BCUT2D eigenvalue weighted by Gasteiger charge is 2.25. The summed E-state index contributed by atoms with van der Waals surface area (Å²) in [4.78, 5) is 2.48. The van der Waals surface area contributed by atoms with Crippen molar-refractivity contribution in [2.24, 2.45) is 0 Å². The van der Waals surface area contributed by atoms with Gasteiger partial charge in [-0.2, -0.15) is 0 Å². The summed E-state index contributed by atoms with van der Waals surface area (Å²) >= 11 is 0. The topological polar surface area (TPSA) is 44.7 Å². The molecule has 1 aliphatic rings. The summed E-state index contributed by atoms with van der Waals surface area (Å²) in [6.45, 7) is 14.0. The summed E-state index contributed by atoms with van der Waals surface area (Å²) in [5.74, 6) is 0. The van der Waals surface area contributed by atoms with Crippen molar-refractivity contribution < 1.29 is 9.84 Å². The zero-order chi connectivity index (χ0) is 14.5. The molecule has 1 aliphatic heterocycles. The number of rotatable bonds is 7. The van der Waals surface area contributed by atoms with Gasteiger partial charge in [-0.1, -0.05) is 13.8 Å². The van der Waals surface area contributed by atoms with E-state index in [0.717, 1.165) is 32.5 Å². The van der Waals surface area contributed by atoms with Crippen LogP contribution in [0.4, 0.5) is 0 Å². The lowest BCUT2D eigenvalue weighted by Gasteiger charge is -2.36. The first-order chi connectivity index (χ1) is 8.84. The van der Waals surface area contributed by atoms with E-state index < -0.39 is 0 Å². The second-order valence-corrected chi connectivity index (χ2v) is 6.64. The Morgan fingerprint density at radius 1 is 1.32 bits per heavy atom. The Labute approximate surface area is 118 Å². The van der Waals surface area contributed by atoms with Crippen LogP contribution >= 0.6 is 0 Å². The van der Waals surface area contributed by atoms with E-state index in [4.69, 9.17) is 4.74 Å². The predicted octanol–water partition coefficient (Wildman–Crippen LogP) is 1.62. The van der Waals surface area contributed by atoms with E-state index in [-0.39, 0.29) is 12.1 Å². The van der Waals surface area contributed by atoms with E-state index in [1.807, 2.05) is 0 Å². The fraction of sp³-hybridized carbons (Fsp3) is 1.00. The smallest absolute Gasteiger partial charge is 0.0678 e. The lowest BCUT2D eigenvalue weighted by atomic mass is 9.95. The third kappa shape index (κ3) is 6.21. The Morgan fingerprint density at radius 2 is 1.89 bits per heavy atom. The highest BCUT2D eigenvalue weighted by molar-refractivity contribution is 4.84. The van der Waals surface area contributed by atoms with Crippen molar-refractivity contribution in [1.29, 1.82) is 0 Å². The standard InChI is InChI=1S/C15H32N2O2/c1-12(2)16-15(5,11-18)7-6-8-17-9-13(3)19-14(4)10-17/h12-14,16,18H,6-11H2,1-5H3. The molecule has 1 saturated heterocycles. The van der Waals surface area contributed by atoms with Crippen molar-refractivity contribution in [2.75, 3.05) is 26.2 Å². The average molecular weight is 272 g/mol. The average Bonchev–Trinajstić information content (AvgIpc) is 2.26. The van der Waals surface area contributed by atoms with Gasteiger partial charge in [0, 0.05) is 24.7 Å². The molecule has 2 N–H and O–H groups in total. The lowest BCUT2D eigenvalue weighted by Crippen LogP contribution is -2.50. The minimum atomic E-state index is -0.155. The number of hydrogen-bond acceptors (Lipinski definition) is 4. The molecule has 0 saturated carbocycles. The molecule has 1 rings (SSSR count). The number of nitrogens with one attached hydrogen (secondary N) is 1. The summed E-state index contributed by atoms with van der Waals surface area (Å²) in [7, 11) is 0. The lowest BCUT2D eigenvalue weighted by molar-refractivity contribution is -0.0686. The van der Waals surface area contributed by atoms with Gasteiger partial charge in [-0.3, -0.25) is 4.90 Å². The van der Waals surface area contributed by atoms with Crippen LogP contribution in [0.15, 0.2) is 0 Å². The second kappa shape index (κ2) is 7.58. The highest BCUT2D eigenvalue weighted by Crippen LogP contribution is 2.16. The molecule has 3 atom stereocenters. The van der Waals surface area contributed by atoms with Crippen LogP contribution < -0.4 is 5.32 Å². The van der Waals surface area contributed by atoms with Crippen LogP contribution in [-0.4, -0.2) is 60.0 Å². The van der Waals surface area contributed by atoms with Crippen molar-refractivity contribution in [3.05, 3.63) is 0 Å². The van der Waals surface area contributed by atoms with Gasteiger partial charge in [0.1, 0.15) is 0 Å². The van der Waals surface area contributed by atoms with E-state index >= 15 is 0 Å². The van der Waals surface area contributed by atoms with E-state index in [9.17, 15) is 5.11 Å². The summed E-state index contributed by atoms with van der Waals surface area (Å²) in [6.07, 6.45) is 2.78. The number of aliphatic hydroxyl groups excluding tert-OH is 1. The molecule has 4 nitrogen and oxygen atoms in total. The van der Waals surface area contributed by atoms with Crippen LogP contribution in [0, 0.1) is 0 Å². The Kier molecular flexibility index (Phi) is 6.74. The first-order valence-electron chi connectivity index (χ1n) is 7.61. The molecule has 0 aromatic rings. The molecule has 0 amide bonds. The molecular weight excluding hydrogens is 240 g/mol. The van der Waals surface area contributed by atoms with Crippen LogP contribution in [0.3, 0.4) is 0 Å². The van der Waals surface area contributed by atoms with Crippen LogP contribution in [-0.2, 0) is 4.74 Å². The number of morpholine rings is 1. The van der Waals surface area contributed by atoms with Crippen LogP contribution in [0.25, 0.3) is 0 Å². The quantitative estimate of drug-likeness (QED) is 0.739. The maximum absolute atomic E-state index is 9.56. The molecule has 19 heavy (non-hydrogen) atoms. The third-order valence-electron chi connectivity index (χ3n) is 3.68. The monoisotopic (exact) mass is 272 g/mol. The van der Waals surface area contributed by atoms with Crippen molar-refractivity contribution in [2.45, 2.75) is 71.2 Å². The van der Waals surface area contributed by atoms with Gasteiger partial charge in [-0.15, -0.1) is 0 Å². The van der Waals surface area contributed by atoms with E-state index in [0.29, 0.717) is 18.2 Å². The van der Waals surface area contributed by atoms with Gasteiger partial charge >= 0.3 is 0 Å². The van der Waals surface area contributed by atoms with Crippen molar-refractivity contribution in [3.8, 4) is 0 Å². The van der Waals surface area contributed by atoms with Crippen LogP contribution in [0.1, 0.15) is 47.5 Å². The first kappa shape index (κ1) is 16.9. The first-order valence-corrected chi connectivity index (χ1v) is 7.61.